The number of halogens is 12. The molecule has 7 aromatic carbocycles. The number of nitrogens with zero attached hydrogens (tertiary/aromatic N) is 3. The molecule has 0 aliphatic rings. The monoisotopic (exact) mass is 1670 g/mol. The molecule has 12 rings (SSSR count). The van der Waals surface area contributed by atoms with Gasteiger partial charge in [-0.25, -0.2) is 13.6 Å². The molecular formula is C65H44BBr2Cl8F2N13O11. The van der Waals surface area contributed by atoms with Gasteiger partial charge in [-0.15, -0.1) is 0 Å². The van der Waals surface area contributed by atoms with Crippen LogP contribution in [0.4, 0.5) is 37.3 Å². The van der Waals surface area contributed by atoms with Gasteiger partial charge in [0, 0.05) is 36.6 Å². The van der Waals surface area contributed by atoms with Gasteiger partial charge in [0.25, 0.3) is 0 Å². The minimum atomic E-state index is -1.67. The summed E-state index contributed by atoms with van der Waals surface area (Å²) in [6.07, 6.45) is 0. The van der Waals surface area contributed by atoms with Gasteiger partial charge in [-0.3, -0.25) is 57.9 Å². The molecule has 0 atom stereocenters. The third-order valence-corrected chi connectivity index (χ3v) is 15.8. The molecule has 37 heteroatoms. The van der Waals surface area contributed by atoms with E-state index in [2.05, 4.69) is 84.5 Å². The van der Waals surface area contributed by atoms with E-state index in [0.29, 0.717) is 95.2 Å². The van der Waals surface area contributed by atoms with Gasteiger partial charge in [0.2, 0.25) is 5.76 Å². The van der Waals surface area contributed by atoms with E-state index >= 15 is 0 Å². The maximum atomic E-state index is 13.4. The van der Waals surface area contributed by atoms with Crippen LogP contribution in [0.25, 0.3) is 33.6 Å². The standard InChI is InChI=1S/C18H10Cl2FN3O2.C18H13Cl2N5O2.C11H7BrCl2N2O2.C7H5BFNO2.C6H6Cl2N2.C5H3BrO3/c19-12-2-3-13(20)15(8-12)23-24-18(25)17-6-5-16(26-17)10-1-4-14(21)11(7-10)9-22;19-10-2-3-12(20)14(8-10)23-25-18(26)16-6-5-15(27-16)9-1-4-13-11(7-9)17(21)24-22-13;12-10-4-3-9(18-10)11(17)16-15-8-5-6(13)1-2-7(8)14;9-7-2-1-6(8(11)12)3-5(7)4-10;7-4-1-2-5(8)6(3-4)10-9;6-4-2-1-3(9-4)5(7)8/h1-8,23H,(H,24,25);1-8,23H,(H,25,26)(H3,21,22,24);1-5,15H,(H,16,17);1-3,11-12H;1-3,10H,9H2;1-2H,(H,7,8). The molecule has 5 heterocycles. The van der Waals surface area contributed by atoms with Crippen molar-refractivity contribution in [1.29, 1.82) is 10.5 Å². The van der Waals surface area contributed by atoms with Crippen molar-refractivity contribution in [1.82, 2.24) is 26.5 Å². The number of aromatic carboxylic acids is 1. The van der Waals surface area contributed by atoms with Crippen molar-refractivity contribution < 1.29 is 60.8 Å². The first kappa shape index (κ1) is 79.4. The Morgan fingerprint density at radius 1 is 0.490 bits per heavy atom. The molecule has 5 aromatic heterocycles. The van der Waals surface area contributed by atoms with E-state index in [4.69, 9.17) is 143 Å². The first-order valence-corrected chi connectivity index (χ1v) is 32.6. The second-order valence-corrected chi connectivity index (χ2v) is 24.6. The molecule has 0 saturated carbocycles. The number of rotatable bonds is 14. The first-order valence-electron chi connectivity index (χ1n) is 28.0. The van der Waals surface area contributed by atoms with Crippen LogP contribution in [0.2, 0.25) is 40.2 Å². The zero-order chi connectivity index (χ0) is 74.3. The largest absolute Gasteiger partial charge is 0.488 e. The minimum absolute atomic E-state index is 0.0217. The van der Waals surface area contributed by atoms with Crippen LogP contribution >= 0.6 is 125 Å². The molecule has 0 bridgehead atoms. The van der Waals surface area contributed by atoms with Crippen LogP contribution in [0.1, 0.15) is 53.3 Å². The summed E-state index contributed by atoms with van der Waals surface area (Å²) in [7, 11) is -1.67. The van der Waals surface area contributed by atoms with Gasteiger partial charge >= 0.3 is 30.8 Å². The molecule has 0 unspecified atom stereocenters. The van der Waals surface area contributed by atoms with Crippen molar-refractivity contribution >= 4 is 200 Å². The molecule has 24 nitrogen and oxygen atoms in total. The van der Waals surface area contributed by atoms with Gasteiger partial charge < -0.3 is 44.0 Å². The van der Waals surface area contributed by atoms with Gasteiger partial charge in [-0.2, -0.15) is 15.6 Å². The number of hydrazine groups is 4. The van der Waals surface area contributed by atoms with Gasteiger partial charge in [0.05, 0.1) is 59.5 Å². The number of H-pyrrole nitrogens is 1. The van der Waals surface area contributed by atoms with Gasteiger partial charge in [0.15, 0.2) is 32.4 Å². The summed E-state index contributed by atoms with van der Waals surface area (Å²) in [5, 5.41) is 54.3. The zero-order valence-corrected chi connectivity index (χ0v) is 60.2. The van der Waals surface area contributed by atoms with Crippen LogP contribution in [0.5, 0.6) is 0 Å². The zero-order valence-electron chi connectivity index (χ0n) is 51.0. The summed E-state index contributed by atoms with van der Waals surface area (Å²) in [5.41, 5.74) is 27.6. The number of nitriles is 2. The number of nitrogens with one attached hydrogen (secondary N) is 8. The highest BCUT2D eigenvalue weighted by Gasteiger charge is 2.18. The number of amides is 3. The maximum absolute atomic E-state index is 13.4. The number of carbonyl (C=O) groups is 4. The number of aromatic nitrogens is 2. The number of benzene rings is 7. The van der Waals surface area contributed by atoms with E-state index in [1.54, 1.807) is 115 Å². The first-order chi connectivity index (χ1) is 48.6. The fourth-order valence-corrected chi connectivity index (χ4v) is 9.75. The second kappa shape index (κ2) is 38.2. The quantitative estimate of drug-likeness (QED) is 0.0273. The van der Waals surface area contributed by atoms with Gasteiger partial charge in [-0.1, -0.05) is 98.9 Å². The number of anilines is 5. The van der Waals surface area contributed by atoms with Crippen LogP contribution in [0.3, 0.4) is 0 Å². The average molecular weight is 1680 g/mol. The number of fused-ring (bicyclic) bond motifs is 1. The van der Waals surface area contributed by atoms with E-state index in [1.807, 2.05) is 18.2 Å². The van der Waals surface area contributed by atoms with Gasteiger partial charge in [0.1, 0.15) is 35.3 Å². The van der Waals surface area contributed by atoms with E-state index in [1.165, 1.54) is 42.5 Å². The van der Waals surface area contributed by atoms with Crippen LogP contribution in [-0.2, 0) is 0 Å². The fraction of sp³-hybridized carbons (Fsp3) is 0. The van der Waals surface area contributed by atoms with E-state index < -0.39 is 42.4 Å². The van der Waals surface area contributed by atoms with E-state index in [9.17, 15) is 28.0 Å². The maximum Gasteiger partial charge on any atom is 0.488 e. The number of hydrogen-bond acceptors (Lipinski definition) is 19. The number of carboxylic acid groups (broad SMARTS) is 1. The Labute approximate surface area is 632 Å². The summed E-state index contributed by atoms with van der Waals surface area (Å²) in [6, 6.07) is 48.1. The average Bonchev–Trinajstić information content (AvgIpc) is 1.62. The molecule has 0 saturated heterocycles. The van der Waals surface area contributed by atoms with Crippen LogP contribution in [0.15, 0.2) is 203 Å². The lowest BCUT2D eigenvalue weighted by Gasteiger charge is -2.09. The molecule has 0 radical (unpaired) electrons. The highest BCUT2D eigenvalue weighted by molar-refractivity contribution is 9.10. The SMILES string of the molecule is N#Cc1cc(-c2ccc(C(=O)NNc3cc(Cl)ccc3Cl)o2)ccc1F.N#Cc1cc(B(O)O)ccc1F.NNc1cc(Cl)ccc1Cl.Nc1n[nH]c2ccc(-c3ccc(C(=O)NNc4cc(Cl)ccc4Cl)o3)cc12.O=C(NNc1cc(Cl)ccc1Cl)c1ccc(Br)o1.O=C(O)c1ccc(Br)o1. The fourth-order valence-electron chi connectivity index (χ4n) is 7.78. The number of aromatic amines is 1. The topological polar surface area (TPSA) is 394 Å². The summed E-state index contributed by atoms with van der Waals surface area (Å²) >= 11 is 53.0. The Morgan fingerprint density at radius 3 is 1.26 bits per heavy atom. The lowest BCUT2D eigenvalue weighted by atomic mass is 9.80. The number of carboxylic acids is 1. The number of nitrogens with two attached hydrogens (primary N) is 2. The number of furan rings is 4. The molecule has 0 spiro atoms. The molecule has 0 aliphatic heterocycles. The predicted octanol–water partition coefficient (Wildman–Crippen LogP) is 17.0. The summed E-state index contributed by atoms with van der Waals surface area (Å²) < 4.78 is 47.8. The van der Waals surface area contributed by atoms with Crippen molar-refractivity contribution in [2.45, 2.75) is 0 Å². The Kier molecular flexibility index (Phi) is 29.7. The lowest BCUT2D eigenvalue weighted by Crippen LogP contribution is -2.30. The summed E-state index contributed by atoms with van der Waals surface area (Å²) in [5.74, 6) is 2.90. The van der Waals surface area contributed by atoms with Crippen LogP contribution in [0, 0.1) is 34.3 Å². The lowest BCUT2D eigenvalue weighted by molar-refractivity contribution is 0.0660. The third-order valence-electron chi connectivity index (χ3n) is 12.7. The normalized spacial score (nSPS) is 10.1. The van der Waals surface area contributed by atoms with Crippen LogP contribution < -0.4 is 55.0 Å². The van der Waals surface area contributed by atoms with Crippen molar-refractivity contribution in [2.24, 2.45) is 5.84 Å². The minimum Gasteiger partial charge on any atom is -0.475 e. The number of nitrogen functional groups attached to an aromatic ring is 2. The molecule has 15 N–H and O–H groups in total. The summed E-state index contributed by atoms with van der Waals surface area (Å²) in [4.78, 5) is 46.2. The highest BCUT2D eigenvalue weighted by Crippen LogP contribution is 2.31. The molecule has 12 aromatic rings. The Morgan fingerprint density at radius 2 is 0.873 bits per heavy atom. The van der Waals surface area contributed by atoms with E-state index in [-0.39, 0.29) is 39.6 Å². The smallest absolute Gasteiger partial charge is 0.475 e. The third kappa shape index (κ3) is 23.3. The van der Waals surface area contributed by atoms with Crippen molar-refractivity contribution in [2.75, 3.05) is 27.4 Å². The predicted molar refractivity (Wildman–Crippen MR) is 395 cm³/mol. The second-order valence-electron chi connectivity index (χ2n) is 19.6. The Balaban J connectivity index is 0.000000180. The molecule has 102 heavy (non-hydrogen) atoms. The van der Waals surface area contributed by atoms with E-state index in [0.717, 1.165) is 28.6 Å². The van der Waals surface area contributed by atoms with Crippen molar-refractivity contribution in [3.63, 3.8) is 0 Å². The Hall–Kier alpha value is -9.93. The molecule has 522 valence electrons. The van der Waals surface area contributed by atoms with Crippen molar-refractivity contribution in [3.05, 3.63) is 271 Å². The van der Waals surface area contributed by atoms with Crippen molar-refractivity contribution in [3.8, 4) is 34.8 Å². The molecule has 0 aliphatic carbocycles. The molecule has 0 fully saturated rings. The van der Waals surface area contributed by atoms with Gasteiger partial charge in [-0.05, 0) is 207 Å². The number of carbonyl (C=O) groups excluding carboxylic acids is 3. The Bertz CT molecular complexity index is 5070. The highest BCUT2D eigenvalue weighted by atomic mass is 79.9. The summed E-state index contributed by atoms with van der Waals surface area (Å²) in [6.45, 7) is 0. The molecule has 3 amide bonds. The molecular weight excluding hydrogens is 1630 g/mol. The number of hydrogen-bond donors (Lipinski definition) is 13. The van der Waals surface area contributed by atoms with Crippen LogP contribution in [-0.4, -0.2) is 56.2 Å².